The smallest absolute Gasteiger partial charge is 0.257 e. The molecule has 1 unspecified atom stereocenters. The standard InChI is InChI=1S/C21H23FN4OS/c1-12-5-4-8-26(10-12)19-18-17(14(3)28-21(18)24-11-23-19)20(27)25-15-6-7-16(22)13(2)9-15/h6-7,9,11-12H,4-5,8,10H2,1-3H3,(H,25,27). The Labute approximate surface area is 167 Å². The van der Waals surface area contributed by atoms with Crippen LogP contribution in [-0.2, 0) is 0 Å². The summed E-state index contributed by atoms with van der Waals surface area (Å²) in [6.45, 7) is 7.72. The molecule has 146 valence electrons. The van der Waals surface area contributed by atoms with Crippen molar-refractivity contribution in [3.05, 3.63) is 46.3 Å². The largest absolute Gasteiger partial charge is 0.356 e. The predicted octanol–water partition coefficient (Wildman–Crippen LogP) is 4.94. The lowest BCUT2D eigenvalue weighted by Crippen LogP contribution is -2.35. The van der Waals surface area contributed by atoms with Crippen LogP contribution in [0.5, 0.6) is 0 Å². The molecular weight excluding hydrogens is 375 g/mol. The number of halogens is 1. The van der Waals surface area contributed by atoms with Crippen molar-refractivity contribution in [3.63, 3.8) is 0 Å². The van der Waals surface area contributed by atoms with E-state index in [0.717, 1.165) is 40.4 Å². The summed E-state index contributed by atoms with van der Waals surface area (Å²) in [5.41, 5.74) is 1.68. The van der Waals surface area contributed by atoms with E-state index in [9.17, 15) is 9.18 Å². The predicted molar refractivity (Wildman–Crippen MR) is 112 cm³/mol. The van der Waals surface area contributed by atoms with Gasteiger partial charge in [-0.1, -0.05) is 6.92 Å². The Morgan fingerprint density at radius 3 is 2.89 bits per heavy atom. The number of nitrogens with one attached hydrogen (secondary N) is 1. The number of thiophene rings is 1. The number of carbonyl (C=O) groups is 1. The number of aryl methyl sites for hydroxylation is 2. The number of amides is 1. The second kappa shape index (κ2) is 7.47. The highest BCUT2D eigenvalue weighted by atomic mass is 32.1. The lowest BCUT2D eigenvalue weighted by atomic mass is 10.00. The molecule has 5 nitrogen and oxygen atoms in total. The maximum Gasteiger partial charge on any atom is 0.257 e. The highest BCUT2D eigenvalue weighted by Crippen LogP contribution is 2.36. The number of nitrogens with zero attached hydrogens (tertiary/aromatic N) is 3. The fraction of sp³-hybridized carbons (Fsp3) is 0.381. The normalized spacial score (nSPS) is 17.1. The van der Waals surface area contributed by atoms with Crippen LogP contribution >= 0.6 is 11.3 Å². The van der Waals surface area contributed by atoms with Crippen LogP contribution in [0.25, 0.3) is 10.2 Å². The van der Waals surface area contributed by atoms with Gasteiger partial charge >= 0.3 is 0 Å². The Morgan fingerprint density at radius 1 is 1.32 bits per heavy atom. The van der Waals surface area contributed by atoms with Gasteiger partial charge < -0.3 is 10.2 Å². The number of rotatable bonds is 3. The third-order valence-electron chi connectivity index (χ3n) is 5.24. The molecule has 2 aromatic heterocycles. The molecule has 7 heteroatoms. The van der Waals surface area contributed by atoms with Gasteiger partial charge in [-0.05, 0) is 56.4 Å². The number of hydrogen-bond acceptors (Lipinski definition) is 5. The summed E-state index contributed by atoms with van der Waals surface area (Å²) in [5, 5.41) is 3.73. The zero-order valence-corrected chi connectivity index (χ0v) is 17.1. The highest BCUT2D eigenvalue weighted by molar-refractivity contribution is 7.19. The van der Waals surface area contributed by atoms with Gasteiger partial charge in [-0.2, -0.15) is 0 Å². The van der Waals surface area contributed by atoms with Crippen molar-refractivity contribution in [2.75, 3.05) is 23.3 Å². The first-order valence-electron chi connectivity index (χ1n) is 9.50. The maximum atomic E-state index is 13.5. The topological polar surface area (TPSA) is 58.1 Å². The number of aromatic nitrogens is 2. The Morgan fingerprint density at radius 2 is 2.14 bits per heavy atom. The minimum absolute atomic E-state index is 0.212. The van der Waals surface area contributed by atoms with Gasteiger partial charge in [-0.15, -0.1) is 11.3 Å². The molecule has 4 rings (SSSR count). The molecule has 3 aromatic rings. The molecular formula is C21H23FN4OS. The minimum atomic E-state index is -0.287. The van der Waals surface area contributed by atoms with Crippen molar-refractivity contribution in [1.29, 1.82) is 0 Å². The summed E-state index contributed by atoms with van der Waals surface area (Å²) in [5.74, 6) is 0.931. The molecule has 1 amide bonds. The van der Waals surface area contributed by atoms with Crippen LogP contribution < -0.4 is 10.2 Å². The molecule has 0 bridgehead atoms. The van der Waals surface area contributed by atoms with E-state index >= 15 is 0 Å². The molecule has 0 aliphatic carbocycles. The third-order valence-corrected chi connectivity index (χ3v) is 6.26. The van der Waals surface area contributed by atoms with Crippen LogP contribution in [0.2, 0.25) is 0 Å². The van der Waals surface area contributed by atoms with E-state index in [1.165, 1.54) is 23.8 Å². The molecule has 0 spiro atoms. The molecule has 1 fully saturated rings. The number of piperidine rings is 1. The number of hydrogen-bond donors (Lipinski definition) is 1. The van der Waals surface area contributed by atoms with Gasteiger partial charge in [0.25, 0.3) is 5.91 Å². The Balaban J connectivity index is 1.74. The number of anilines is 2. The summed E-state index contributed by atoms with van der Waals surface area (Å²) in [4.78, 5) is 26.1. The molecule has 28 heavy (non-hydrogen) atoms. The Hall–Kier alpha value is -2.54. The lowest BCUT2D eigenvalue weighted by Gasteiger charge is -2.32. The summed E-state index contributed by atoms with van der Waals surface area (Å²) < 4.78 is 13.5. The van der Waals surface area contributed by atoms with Crippen molar-refractivity contribution in [1.82, 2.24) is 9.97 Å². The highest BCUT2D eigenvalue weighted by Gasteiger charge is 2.26. The van der Waals surface area contributed by atoms with Crippen LogP contribution in [0.15, 0.2) is 24.5 Å². The van der Waals surface area contributed by atoms with Gasteiger partial charge in [0.2, 0.25) is 0 Å². The lowest BCUT2D eigenvalue weighted by molar-refractivity contribution is 0.102. The van der Waals surface area contributed by atoms with Crippen LogP contribution in [0.1, 0.15) is 40.6 Å². The second-order valence-electron chi connectivity index (χ2n) is 7.52. The van der Waals surface area contributed by atoms with Crippen molar-refractivity contribution >= 4 is 39.0 Å². The Bertz CT molecular complexity index is 1050. The van der Waals surface area contributed by atoms with Gasteiger partial charge in [0.15, 0.2) is 0 Å². The fourth-order valence-corrected chi connectivity index (χ4v) is 4.82. The van der Waals surface area contributed by atoms with Crippen LogP contribution in [0, 0.1) is 25.6 Å². The van der Waals surface area contributed by atoms with Gasteiger partial charge in [0.1, 0.15) is 22.8 Å². The van der Waals surface area contributed by atoms with Crippen LogP contribution in [0.3, 0.4) is 0 Å². The SMILES string of the molecule is Cc1cc(NC(=O)c2c(C)sc3ncnc(N4CCCC(C)C4)c23)ccc1F. The van der Waals surface area contributed by atoms with Crippen molar-refractivity contribution in [2.45, 2.75) is 33.6 Å². The van der Waals surface area contributed by atoms with E-state index in [4.69, 9.17) is 0 Å². The molecule has 3 heterocycles. The number of carbonyl (C=O) groups excluding carboxylic acids is 1. The first-order chi connectivity index (χ1) is 13.4. The zero-order valence-electron chi connectivity index (χ0n) is 16.3. The van der Waals surface area contributed by atoms with E-state index in [1.807, 2.05) is 6.92 Å². The van der Waals surface area contributed by atoms with Gasteiger partial charge in [0.05, 0.1) is 10.9 Å². The molecule has 1 N–H and O–H groups in total. The maximum absolute atomic E-state index is 13.5. The molecule has 1 aliphatic rings. The van der Waals surface area contributed by atoms with Crippen molar-refractivity contribution in [2.24, 2.45) is 5.92 Å². The zero-order chi connectivity index (χ0) is 19.8. The average Bonchev–Trinajstić information content (AvgIpc) is 3.00. The van der Waals surface area contributed by atoms with Crippen molar-refractivity contribution in [3.8, 4) is 0 Å². The first-order valence-corrected chi connectivity index (χ1v) is 10.3. The molecule has 1 aliphatic heterocycles. The molecule has 1 aromatic carbocycles. The van der Waals surface area contributed by atoms with E-state index < -0.39 is 0 Å². The second-order valence-corrected chi connectivity index (χ2v) is 8.73. The summed E-state index contributed by atoms with van der Waals surface area (Å²) in [6, 6.07) is 4.59. The molecule has 0 radical (unpaired) electrons. The average molecular weight is 399 g/mol. The van der Waals surface area contributed by atoms with Gasteiger partial charge in [-0.25, -0.2) is 14.4 Å². The summed E-state index contributed by atoms with van der Waals surface area (Å²) in [7, 11) is 0. The van der Waals surface area contributed by atoms with E-state index in [0.29, 0.717) is 22.7 Å². The molecule has 1 atom stereocenters. The first kappa shape index (κ1) is 18.8. The minimum Gasteiger partial charge on any atom is -0.356 e. The summed E-state index contributed by atoms with van der Waals surface area (Å²) in [6.07, 6.45) is 3.91. The van der Waals surface area contributed by atoms with Crippen LogP contribution in [0.4, 0.5) is 15.9 Å². The van der Waals surface area contributed by atoms with Gasteiger partial charge in [-0.3, -0.25) is 4.79 Å². The monoisotopic (exact) mass is 398 g/mol. The third kappa shape index (κ3) is 3.46. The van der Waals surface area contributed by atoms with Crippen LogP contribution in [-0.4, -0.2) is 29.0 Å². The molecule has 0 saturated carbocycles. The summed E-state index contributed by atoms with van der Waals surface area (Å²) >= 11 is 1.50. The number of fused-ring (bicyclic) bond motifs is 1. The Kier molecular flexibility index (Phi) is 5.02. The van der Waals surface area contributed by atoms with E-state index in [1.54, 1.807) is 25.4 Å². The number of benzene rings is 1. The fourth-order valence-electron chi connectivity index (χ4n) is 3.84. The molecule has 1 saturated heterocycles. The van der Waals surface area contributed by atoms with Crippen molar-refractivity contribution < 1.29 is 9.18 Å². The van der Waals surface area contributed by atoms with E-state index in [-0.39, 0.29) is 11.7 Å². The van der Waals surface area contributed by atoms with E-state index in [2.05, 4.69) is 27.1 Å². The quantitative estimate of drug-likeness (QED) is 0.679. The van der Waals surface area contributed by atoms with Gasteiger partial charge in [0, 0.05) is 23.7 Å².